The van der Waals surface area contributed by atoms with E-state index >= 15 is 0 Å². The normalized spacial score (nSPS) is 25.2. The molecule has 2 aromatic rings. The summed E-state index contributed by atoms with van der Waals surface area (Å²) in [5, 5.41) is 10.7. The zero-order valence-corrected chi connectivity index (χ0v) is 16.4. The van der Waals surface area contributed by atoms with E-state index in [1.165, 1.54) is 18.3 Å². The average Bonchev–Trinajstić information content (AvgIpc) is 2.87. The number of pyridine rings is 1. The summed E-state index contributed by atoms with van der Waals surface area (Å²) in [4.78, 5) is 30.4. The molecule has 0 bridgehead atoms. The van der Waals surface area contributed by atoms with Gasteiger partial charge in [0.05, 0.1) is 23.3 Å². The molecule has 0 saturated heterocycles. The Morgan fingerprint density at radius 1 is 1.00 bits per heavy atom. The Morgan fingerprint density at radius 3 is 2.21 bits per heavy atom. The molecule has 0 fully saturated rings. The summed E-state index contributed by atoms with van der Waals surface area (Å²) in [6, 6.07) is 9.42. The minimum Gasteiger partial charge on any atom is -0.389 e. The molecule has 0 spiro atoms. The second-order valence-electron chi connectivity index (χ2n) is 6.95. The third kappa shape index (κ3) is 3.17. The number of hydrogen-bond acceptors (Lipinski definition) is 6. The van der Waals surface area contributed by atoms with Crippen LogP contribution in [0.15, 0.2) is 65.8 Å². The van der Waals surface area contributed by atoms with Crippen molar-refractivity contribution in [1.82, 2.24) is 14.2 Å². The summed E-state index contributed by atoms with van der Waals surface area (Å²) < 4.78 is 27.1. The van der Waals surface area contributed by atoms with Crippen molar-refractivity contribution < 1.29 is 23.1 Å². The second-order valence-corrected chi connectivity index (χ2v) is 8.79. The van der Waals surface area contributed by atoms with E-state index < -0.39 is 40.0 Å². The van der Waals surface area contributed by atoms with Gasteiger partial charge < -0.3 is 5.11 Å². The molecular weight excluding hydrogens is 394 g/mol. The highest BCUT2D eigenvalue weighted by Crippen LogP contribution is 2.29. The number of sulfonamides is 1. The number of amides is 2. The van der Waals surface area contributed by atoms with Gasteiger partial charge in [0.1, 0.15) is 0 Å². The number of β-amino-alcohol motifs (C(OH)–C–C–N with tert-alkyl or cyclic N) is 1. The number of aliphatic hydroxyl groups is 1. The van der Waals surface area contributed by atoms with E-state index in [0.717, 1.165) is 9.21 Å². The first-order valence-corrected chi connectivity index (χ1v) is 10.5. The van der Waals surface area contributed by atoms with Crippen LogP contribution < -0.4 is 0 Å². The van der Waals surface area contributed by atoms with Crippen molar-refractivity contribution in [3.63, 3.8) is 0 Å². The maximum absolute atomic E-state index is 13.0. The van der Waals surface area contributed by atoms with Crippen LogP contribution in [0.4, 0.5) is 0 Å². The maximum atomic E-state index is 13.0. The standard InChI is InChI=1S/C20H19N3O5S/c1-13-9-10-16(23-19(25)14-6-2-3-7-15(14)20(23)26)17(24)12-22(13)29(27,28)18-8-4-5-11-21-18/h2-11,13,16-17,24H,12H2,1H3/t13-,16+,17+/m1/s1. The number of imide groups is 1. The van der Waals surface area contributed by atoms with Crippen molar-refractivity contribution in [3.05, 3.63) is 71.9 Å². The van der Waals surface area contributed by atoms with E-state index in [1.807, 2.05) is 0 Å². The topological polar surface area (TPSA) is 108 Å². The molecule has 0 saturated carbocycles. The molecule has 9 heteroatoms. The molecule has 3 atom stereocenters. The molecule has 1 aromatic heterocycles. The van der Waals surface area contributed by atoms with Gasteiger partial charge in [-0.1, -0.05) is 30.4 Å². The number of nitrogens with zero attached hydrogens (tertiary/aromatic N) is 3. The first-order valence-electron chi connectivity index (χ1n) is 9.08. The van der Waals surface area contributed by atoms with Gasteiger partial charge >= 0.3 is 0 Å². The number of carbonyl (C=O) groups excluding carboxylic acids is 2. The number of carbonyl (C=O) groups is 2. The third-order valence-corrected chi connectivity index (χ3v) is 7.01. The van der Waals surface area contributed by atoms with E-state index in [4.69, 9.17) is 0 Å². The number of benzene rings is 1. The van der Waals surface area contributed by atoms with E-state index in [-0.39, 0.29) is 22.7 Å². The lowest BCUT2D eigenvalue weighted by Gasteiger charge is -2.30. The molecule has 29 heavy (non-hydrogen) atoms. The Labute approximate surface area is 168 Å². The summed E-state index contributed by atoms with van der Waals surface area (Å²) in [6.45, 7) is 1.37. The molecule has 0 aliphatic carbocycles. The highest BCUT2D eigenvalue weighted by molar-refractivity contribution is 7.89. The van der Waals surface area contributed by atoms with Crippen molar-refractivity contribution in [1.29, 1.82) is 0 Å². The van der Waals surface area contributed by atoms with Gasteiger partial charge in [-0.25, -0.2) is 13.4 Å². The highest BCUT2D eigenvalue weighted by atomic mass is 32.2. The lowest BCUT2D eigenvalue weighted by molar-refractivity contribution is 0.0402. The summed E-state index contributed by atoms with van der Waals surface area (Å²) >= 11 is 0. The molecule has 150 valence electrons. The average molecular weight is 413 g/mol. The van der Waals surface area contributed by atoms with Crippen molar-refractivity contribution in [2.45, 2.75) is 30.1 Å². The fourth-order valence-corrected chi connectivity index (χ4v) is 5.17. The molecule has 2 aliphatic heterocycles. The SMILES string of the molecule is C[C@@H]1C=C[C@H](N2C(=O)c3ccccc3C2=O)[C@@H](O)CN1S(=O)(=O)c1ccccn1. The lowest BCUT2D eigenvalue weighted by atomic mass is 10.1. The molecular formula is C20H19N3O5S. The minimum atomic E-state index is -3.97. The van der Waals surface area contributed by atoms with Crippen LogP contribution in [0.25, 0.3) is 0 Å². The Balaban J connectivity index is 1.66. The Kier molecular flexibility index (Phi) is 4.81. The maximum Gasteiger partial charge on any atom is 0.262 e. The predicted molar refractivity (Wildman–Crippen MR) is 103 cm³/mol. The molecule has 2 aliphatic rings. The van der Waals surface area contributed by atoms with E-state index in [1.54, 1.807) is 49.4 Å². The van der Waals surface area contributed by atoms with E-state index in [9.17, 15) is 23.1 Å². The molecule has 1 N–H and O–H groups in total. The smallest absolute Gasteiger partial charge is 0.262 e. The van der Waals surface area contributed by atoms with Gasteiger partial charge in [-0.15, -0.1) is 0 Å². The van der Waals surface area contributed by atoms with Crippen LogP contribution in [0, 0.1) is 0 Å². The number of rotatable bonds is 3. The second kappa shape index (κ2) is 7.18. The fraction of sp³-hybridized carbons (Fsp3) is 0.250. The largest absolute Gasteiger partial charge is 0.389 e. The van der Waals surface area contributed by atoms with E-state index in [2.05, 4.69) is 4.98 Å². The van der Waals surface area contributed by atoms with Crippen LogP contribution >= 0.6 is 0 Å². The van der Waals surface area contributed by atoms with Crippen LogP contribution in [0.5, 0.6) is 0 Å². The fourth-order valence-electron chi connectivity index (χ4n) is 3.63. The molecule has 2 amide bonds. The monoisotopic (exact) mass is 413 g/mol. The van der Waals surface area contributed by atoms with Gasteiger partial charge in [0.15, 0.2) is 5.03 Å². The van der Waals surface area contributed by atoms with E-state index in [0.29, 0.717) is 0 Å². The number of aromatic nitrogens is 1. The predicted octanol–water partition coefficient (Wildman–Crippen LogP) is 1.06. The van der Waals surface area contributed by atoms with Gasteiger partial charge in [-0.3, -0.25) is 14.5 Å². The summed E-state index contributed by atoms with van der Waals surface area (Å²) in [6.07, 6.45) is 3.18. The lowest BCUT2D eigenvalue weighted by Crippen LogP contribution is -2.50. The Bertz CT molecular complexity index is 1070. The van der Waals surface area contributed by atoms with Crippen LogP contribution in [-0.2, 0) is 10.0 Å². The summed E-state index contributed by atoms with van der Waals surface area (Å²) in [5.41, 5.74) is 0.543. The number of aliphatic hydroxyl groups excluding tert-OH is 1. The Hall–Kier alpha value is -2.88. The highest BCUT2D eigenvalue weighted by Gasteiger charge is 2.44. The Morgan fingerprint density at radius 2 is 1.62 bits per heavy atom. The molecule has 8 nitrogen and oxygen atoms in total. The zero-order valence-electron chi connectivity index (χ0n) is 15.5. The number of hydrogen-bond donors (Lipinski definition) is 1. The third-order valence-electron chi connectivity index (χ3n) is 5.14. The molecule has 4 rings (SSSR count). The van der Waals surface area contributed by atoms with Crippen molar-refractivity contribution in [2.75, 3.05) is 6.54 Å². The van der Waals surface area contributed by atoms with Crippen molar-refractivity contribution >= 4 is 21.8 Å². The van der Waals surface area contributed by atoms with Crippen LogP contribution in [-0.4, -0.2) is 64.3 Å². The first-order chi connectivity index (χ1) is 13.8. The molecule has 0 radical (unpaired) electrons. The van der Waals surface area contributed by atoms with Gasteiger partial charge in [-0.2, -0.15) is 4.31 Å². The first kappa shape index (κ1) is 19.4. The van der Waals surface area contributed by atoms with Crippen LogP contribution in [0.1, 0.15) is 27.6 Å². The zero-order chi connectivity index (χ0) is 20.8. The minimum absolute atomic E-state index is 0.133. The molecule has 3 heterocycles. The summed E-state index contributed by atoms with van der Waals surface area (Å²) in [5.74, 6) is -1.01. The van der Waals surface area contributed by atoms with Gasteiger partial charge in [0.2, 0.25) is 0 Å². The van der Waals surface area contributed by atoms with Crippen LogP contribution in [0.3, 0.4) is 0 Å². The van der Waals surface area contributed by atoms with Crippen molar-refractivity contribution in [3.8, 4) is 0 Å². The van der Waals surface area contributed by atoms with Gasteiger partial charge in [0.25, 0.3) is 21.8 Å². The van der Waals surface area contributed by atoms with Crippen molar-refractivity contribution in [2.24, 2.45) is 0 Å². The van der Waals surface area contributed by atoms with Gasteiger partial charge in [-0.05, 0) is 31.2 Å². The van der Waals surface area contributed by atoms with Crippen LogP contribution in [0.2, 0.25) is 0 Å². The number of fused-ring (bicyclic) bond motifs is 1. The quantitative estimate of drug-likeness (QED) is 0.595. The van der Waals surface area contributed by atoms with Gasteiger partial charge in [0, 0.05) is 18.8 Å². The molecule has 0 unspecified atom stereocenters. The molecule has 1 aromatic carbocycles. The summed E-state index contributed by atoms with van der Waals surface area (Å²) in [7, 11) is -3.97.